The van der Waals surface area contributed by atoms with E-state index in [9.17, 15) is 10.1 Å². The number of hydrogen-bond acceptors (Lipinski definition) is 4. The van der Waals surface area contributed by atoms with Crippen molar-refractivity contribution in [3.05, 3.63) is 34.4 Å². The van der Waals surface area contributed by atoms with E-state index in [1.54, 1.807) is 6.92 Å². The predicted octanol–water partition coefficient (Wildman–Crippen LogP) is 1.55. The number of nitrogens with two attached hydrogens (primary N) is 1. The molecule has 0 aromatic heterocycles. The molecule has 0 aliphatic carbocycles. The molecule has 1 aromatic carbocycles. The second-order valence-electron chi connectivity index (χ2n) is 3.42. The molecule has 0 fully saturated rings. The SMILES string of the molecule is CC(COc1ccc([N+](=O)[O-])cc1)C(=N)N. The van der Waals surface area contributed by atoms with Crippen LogP contribution < -0.4 is 10.5 Å². The average Bonchev–Trinajstić information content (AvgIpc) is 2.26. The molecule has 0 aliphatic rings. The van der Waals surface area contributed by atoms with Gasteiger partial charge < -0.3 is 10.5 Å². The quantitative estimate of drug-likeness (QED) is 0.342. The van der Waals surface area contributed by atoms with Crippen LogP contribution in [0.25, 0.3) is 0 Å². The van der Waals surface area contributed by atoms with Gasteiger partial charge in [0.25, 0.3) is 5.69 Å². The van der Waals surface area contributed by atoms with Crippen LogP contribution in [-0.4, -0.2) is 17.4 Å². The summed E-state index contributed by atoms with van der Waals surface area (Å²) >= 11 is 0. The van der Waals surface area contributed by atoms with Crippen LogP contribution in [-0.2, 0) is 0 Å². The zero-order valence-electron chi connectivity index (χ0n) is 8.84. The smallest absolute Gasteiger partial charge is 0.269 e. The van der Waals surface area contributed by atoms with Gasteiger partial charge in [0, 0.05) is 18.1 Å². The minimum atomic E-state index is -0.470. The summed E-state index contributed by atoms with van der Waals surface area (Å²) in [7, 11) is 0. The average molecular weight is 223 g/mol. The number of benzene rings is 1. The van der Waals surface area contributed by atoms with Crippen LogP contribution in [0.5, 0.6) is 5.75 Å². The highest BCUT2D eigenvalue weighted by atomic mass is 16.6. The first-order chi connectivity index (χ1) is 7.50. The zero-order valence-corrected chi connectivity index (χ0v) is 8.84. The molecule has 6 nitrogen and oxygen atoms in total. The van der Waals surface area contributed by atoms with E-state index in [1.807, 2.05) is 0 Å². The standard InChI is InChI=1S/C10H13N3O3/c1-7(10(11)12)6-16-9-4-2-8(3-5-9)13(14)15/h2-5,7H,6H2,1H3,(H3,11,12). The monoisotopic (exact) mass is 223 g/mol. The summed E-state index contributed by atoms with van der Waals surface area (Å²) < 4.78 is 5.32. The summed E-state index contributed by atoms with van der Waals surface area (Å²) in [6, 6.07) is 5.78. The summed E-state index contributed by atoms with van der Waals surface area (Å²) in [5.74, 6) is 0.413. The number of nitro groups is 1. The van der Waals surface area contributed by atoms with Gasteiger partial charge in [-0.3, -0.25) is 15.5 Å². The summed E-state index contributed by atoms with van der Waals surface area (Å²) in [6.45, 7) is 2.06. The molecule has 0 heterocycles. The lowest BCUT2D eigenvalue weighted by Crippen LogP contribution is -2.25. The summed E-state index contributed by atoms with van der Waals surface area (Å²) in [5, 5.41) is 17.6. The molecule has 0 saturated carbocycles. The van der Waals surface area contributed by atoms with E-state index in [4.69, 9.17) is 15.9 Å². The van der Waals surface area contributed by atoms with Crippen molar-refractivity contribution in [2.24, 2.45) is 11.7 Å². The van der Waals surface area contributed by atoms with Crippen molar-refractivity contribution in [3.8, 4) is 5.75 Å². The molecule has 0 aliphatic heterocycles. The first-order valence-corrected chi connectivity index (χ1v) is 4.72. The highest BCUT2D eigenvalue weighted by Crippen LogP contribution is 2.17. The number of nitro benzene ring substituents is 1. The van der Waals surface area contributed by atoms with Gasteiger partial charge in [-0.05, 0) is 12.1 Å². The van der Waals surface area contributed by atoms with Crippen molar-refractivity contribution >= 4 is 11.5 Å². The second-order valence-corrected chi connectivity index (χ2v) is 3.42. The van der Waals surface area contributed by atoms with E-state index in [2.05, 4.69) is 0 Å². The van der Waals surface area contributed by atoms with Crippen LogP contribution in [0.2, 0.25) is 0 Å². The summed E-state index contributed by atoms with van der Waals surface area (Å²) in [5.41, 5.74) is 5.30. The Morgan fingerprint density at radius 1 is 1.56 bits per heavy atom. The molecular formula is C10H13N3O3. The van der Waals surface area contributed by atoms with Crippen molar-refractivity contribution in [3.63, 3.8) is 0 Å². The lowest BCUT2D eigenvalue weighted by Gasteiger charge is -2.11. The highest BCUT2D eigenvalue weighted by molar-refractivity contribution is 5.79. The first-order valence-electron chi connectivity index (χ1n) is 4.72. The fourth-order valence-electron chi connectivity index (χ4n) is 0.975. The topological polar surface area (TPSA) is 102 Å². The Balaban J connectivity index is 2.56. The van der Waals surface area contributed by atoms with Gasteiger partial charge >= 0.3 is 0 Å². The van der Waals surface area contributed by atoms with Crippen LogP contribution in [0.4, 0.5) is 5.69 Å². The number of amidine groups is 1. The van der Waals surface area contributed by atoms with Gasteiger partial charge in [0.05, 0.1) is 17.4 Å². The highest BCUT2D eigenvalue weighted by Gasteiger charge is 2.07. The van der Waals surface area contributed by atoms with E-state index >= 15 is 0 Å². The Bertz CT molecular complexity index is 389. The number of nitrogens with one attached hydrogen (secondary N) is 1. The normalized spacial score (nSPS) is 11.8. The third kappa shape index (κ3) is 3.23. The maximum atomic E-state index is 10.4. The number of nitrogens with zero attached hydrogens (tertiary/aromatic N) is 1. The molecule has 1 atom stereocenters. The molecule has 86 valence electrons. The van der Waals surface area contributed by atoms with E-state index < -0.39 is 4.92 Å². The minimum Gasteiger partial charge on any atom is -0.493 e. The molecule has 16 heavy (non-hydrogen) atoms. The Labute approximate surface area is 92.7 Å². The van der Waals surface area contributed by atoms with Crippen LogP contribution in [0, 0.1) is 21.4 Å². The van der Waals surface area contributed by atoms with E-state index in [0.717, 1.165) is 0 Å². The van der Waals surface area contributed by atoms with Gasteiger partial charge in [-0.2, -0.15) is 0 Å². The van der Waals surface area contributed by atoms with Gasteiger partial charge in [0.15, 0.2) is 0 Å². The fourth-order valence-corrected chi connectivity index (χ4v) is 0.975. The molecule has 1 unspecified atom stereocenters. The van der Waals surface area contributed by atoms with Crippen molar-refractivity contribution in [1.82, 2.24) is 0 Å². The summed E-state index contributed by atoms with van der Waals surface area (Å²) in [6.07, 6.45) is 0. The molecule has 0 amide bonds. The lowest BCUT2D eigenvalue weighted by atomic mass is 10.2. The predicted molar refractivity (Wildman–Crippen MR) is 59.7 cm³/mol. The number of rotatable bonds is 5. The third-order valence-electron chi connectivity index (χ3n) is 2.08. The van der Waals surface area contributed by atoms with Crippen LogP contribution in [0.15, 0.2) is 24.3 Å². The number of hydrogen-bond donors (Lipinski definition) is 2. The second kappa shape index (κ2) is 5.11. The molecule has 6 heteroatoms. The third-order valence-corrected chi connectivity index (χ3v) is 2.08. The van der Waals surface area contributed by atoms with Gasteiger partial charge in [-0.1, -0.05) is 6.92 Å². The fraction of sp³-hybridized carbons (Fsp3) is 0.300. The molecule has 1 rings (SSSR count). The number of non-ortho nitro benzene ring substituents is 1. The van der Waals surface area contributed by atoms with Gasteiger partial charge in [0.1, 0.15) is 5.75 Å². The van der Waals surface area contributed by atoms with Crippen LogP contribution in [0.3, 0.4) is 0 Å². The molecule has 0 saturated heterocycles. The molecule has 0 spiro atoms. The molecule has 0 radical (unpaired) electrons. The molecule has 1 aromatic rings. The largest absolute Gasteiger partial charge is 0.493 e. The first kappa shape index (κ1) is 12.0. The van der Waals surface area contributed by atoms with Crippen LogP contribution >= 0.6 is 0 Å². The minimum absolute atomic E-state index is 0.0203. The van der Waals surface area contributed by atoms with Crippen molar-refractivity contribution in [1.29, 1.82) is 5.41 Å². The number of ether oxygens (including phenoxy) is 1. The van der Waals surface area contributed by atoms with E-state index in [0.29, 0.717) is 5.75 Å². The zero-order chi connectivity index (χ0) is 12.1. The van der Waals surface area contributed by atoms with Crippen molar-refractivity contribution in [2.45, 2.75) is 6.92 Å². The van der Waals surface area contributed by atoms with Crippen molar-refractivity contribution in [2.75, 3.05) is 6.61 Å². The van der Waals surface area contributed by atoms with Crippen LogP contribution in [0.1, 0.15) is 6.92 Å². The van der Waals surface area contributed by atoms with E-state index in [-0.39, 0.29) is 24.0 Å². The Morgan fingerprint density at radius 2 is 2.12 bits per heavy atom. The maximum absolute atomic E-state index is 10.4. The molecule has 3 N–H and O–H groups in total. The molecule has 0 bridgehead atoms. The van der Waals surface area contributed by atoms with Gasteiger partial charge in [-0.25, -0.2) is 0 Å². The van der Waals surface area contributed by atoms with E-state index in [1.165, 1.54) is 24.3 Å². The summed E-state index contributed by atoms with van der Waals surface area (Å²) in [4.78, 5) is 9.92. The van der Waals surface area contributed by atoms with Gasteiger partial charge in [0.2, 0.25) is 0 Å². The Morgan fingerprint density at radius 3 is 2.56 bits per heavy atom. The maximum Gasteiger partial charge on any atom is 0.269 e. The van der Waals surface area contributed by atoms with Crippen molar-refractivity contribution < 1.29 is 9.66 Å². The van der Waals surface area contributed by atoms with Gasteiger partial charge in [-0.15, -0.1) is 0 Å². The molecular weight excluding hydrogens is 210 g/mol. The lowest BCUT2D eigenvalue weighted by molar-refractivity contribution is -0.384. The Kier molecular flexibility index (Phi) is 3.82. The Hall–Kier alpha value is -2.11.